The van der Waals surface area contributed by atoms with Gasteiger partial charge in [0.05, 0.1) is 54.0 Å². The van der Waals surface area contributed by atoms with Gasteiger partial charge in [-0.1, -0.05) is 53.2 Å². The van der Waals surface area contributed by atoms with Crippen LogP contribution in [-0.4, -0.2) is 103 Å². The average molecular weight is 921 g/mol. The molecule has 2 unspecified atom stereocenters. The van der Waals surface area contributed by atoms with E-state index in [0.717, 1.165) is 111 Å². The van der Waals surface area contributed by atoms with Gasteiger partial charge >= 0.3 is 0 Å². The quantitative estimate of drug-likeness (QED) is 0.0362. The summed E-state index contributed by atoms with van der Waals surface area (Å²) in [5.41, 5.74) is 16.1. The number of rotatable bonds is 19. The van der Waals surface area contributed by atoms with Gasteiger partial charge in [0.15, 0.2) is 0 Å². The van der Waals surface area contributed by atoms with Gasteiger partial charge in [-0.2, -0.15) is 0 Å². The van der Waals surface area contributed by atoms with Gasteiger partial charge in [-0.05, 0) is 107 Å². The third kappa shape index (κ3) is 14.4. The highest BCUT2D eigenvalue weighted by Gasteiger charge is 2.33. The molecule has 2 amide bonds. The number of fused-ring (bicyclic) bond motifs is 3. The summed E-state index contributed by atoms with van der Waals surface area (Å²) in [6, 6.07) is 14.3. The van der Waals surface area contributed by atoms with E-state index in [0.29, 0.717) is 51.4 Å². The van der Waals surface area contributed by atoms with Crippen LogP contribution in [0, 0.1) is 5.41 Å². The number of piperazine rings is 1. The molecule has 1 saturated carbocycles. The van der Waals surface area contributed by atoms with Crippen LogP contribution in [-0.2, 0) is 49.6 Å². The Labute approximate surface area is 400 Å². The molecule has 1 aliphatic carbocycles. The minimum Gasteiger partial charge on any atom is -0.498 e. The summed E-state index contributed by atoms with van der Waals surface area (Å²) >= 11 is 0. The third-order valence-corrected chi connectivity index (χ3v) is 13.0. The van der Waals surface area contributed by atoms with E-state index in [1.165, 1.54) is 47.0 Å². The molecular formula is C54H80N8O5. The number of aromatic nitrogens is 3. The molecular weight excluding hydrogens is 841 g/mol. The van der Waals surface area contributed by atoms with Crippen molar-refractivity contribution in [2.75, 3.05) is 64.6 Å². The molecule has 3 aliphatic rings. The molecule has 366 valence electrons. The molecule has 2 aliphatic heterocycles. The van der Waals surface area contributed by atoms with Gasteiger partial charge in [0, 0.05) is 111 Å². The van der Waals surface area contributed by atoms with Crippen LogP contribution in [0.3, 0.4) is 0 Å². The van der Waals surface area contributed by atoms with Crippen LogP contribution < -0.4 is 21.1 Å². The van der Waals surface area contributed by atoms with Gasteiger partial charge in [-0.3, -0.25) is 29.9 Å². The minimum absolute atomic E-state index is 0.00731. The fourth-order valence-corrected chi connectivity index (χ4v) is 9.48. The highest BCUT2D eigenvalue weighted by molar-refractivity contribution is 5.95. The minimum atomic E-state index is -0.231. The van der Waals surface area contributed by atoms with Crippen molar-refractivity contribution in [3.63, 3.8) is 0 Å². The van der Waals surface area contributed by atoms with E-state index in [4.69, 9.17) is 24.2 Å². The van der Waals surface area contributed by atoms with Crippen molar-refractivity contribution in [3.05, 3.63) is 77.4 Å². The predicted molar refractivity (Wildman–Crippen MR) is 271 cm³/mol. The Balaban J connectivity index is 0.00000240. The fraction of sp³-hybridized carbons (Fsp3) is 0.593. The Kier molecular flexibility index (Phi) is 19.2. The van der Waals surface area contributed by atoms with Crippen molar-refractivity contribution in [1.29, 1.82) is 0 Å². The Morgan fingerprint density at radius 3 is 2.54 bits per heavy atom. The summed E-state index contributed by atoms with van der Waals surface area (Å²) in [6.45, 7) is 26.2. The third-order valence-electron chi connectivity index (χ3n) is 13.0. The number of carbonyl (C=O) groups is 2. The highest BCUT2D eigenvalue weighted by atomic mass is 16.5. The molecule has 13 nitrogen and oxygen atoms in total. The number of ether oxygens (including phenoxy) is 3. The lowest BCUT2D eigenvalue weighted by molar-refractivity contribution is -0.123. The lowest BCUT2D eigenvalue weighted by atomic mass is 9.84. The van der Waals surface area contributed by atoms with Crippen LogP contribution in [0.25, 0.3) is 33.4 Å². The number of nitrogens with one attached hydrogen (secondary N) is 3. The number of anilines is 1. The second kappa shape index (κ2) is 25.0. The summed E-state index contributed by atoms with van der Waals surface area (Å²) in [5, 5.41) is 4.48. The van der Waals surface area contributed by atoms with Gasteiger partial charge in [-0.25, -0.2) is 5.43 Å². The number of unbranched alkanes of at least 4 members (excludes halogenated alkanes) is 1. The first-order valence-corrected chi connectivity index (χ1v) is 25.1. The van der Waals surface area contributed by atoms with Gasteiger partial charge in [0.2, 0.25) is 12.3 Å². The number of amides is 2. The van der Waals surface area contributed by atoms with Crippen LogP contribution >= 0.6 is 0 Å². The van der Waals surface area contributed by atoms with Crippen LogP contribution in [0.2, 0.25) is 0 Å². The molecule has 5 heterocycles. The Hall–Kier alpha value is -4.82. The van der Waals surface area contributed by atoms with E-state index in [1.807, 2.05) is 6.92 Å². The summed E-state index contributed by atoms with van der Waals surface area (Å²) < 4.78 is 20.5. The number of hydrazine groups is 1. The number of aryl methyl sites for hydroxylation is 2. The van der Waals surface area contributed by atoms with Crippen LogP contribution in [0.15, 0.2) is 54.9 Å². The summed E-state index contributed by atoms with van der Waals surface area (Å²) in [6.07, 6.45) is 12.3. The van der Waals surface area contributed by atoms with Crippen molar-refractivity contribution >= 4 is 28.9 Å². The van der Waals surface area contributed by atoms with Crippen molar-refractivity contribution in [2.45, 2.75) is 144 Å². The van der Waals surface area contributed by atoms with Gasteiger partial charge in [-0.15, -0.1) is 0 Å². The molecule has 13 heteroatoms. The molecule has 3 N–H and O–H groups in total. The van der Waals surface area contributed by atoms with Gasteiger partial charge in [0.25, 0.3) is 0 Å². The normalized spacial score (nSPS) is 17.9. The van der Waals surface area contributed by atoms with E-state index in [-0.39, 0.29) is 23.5 Å². The van der Waals surface area contributed by atoms with E-state index in [2.05, 4.69) is 121 Å². The standard InChI is InChI=1S/C51H72N8O5.C3H8/c1-8-59-47-17-14-38(46-27-37-12-11-24-63-25-18-48(61)56-39(29-40(26-37)55-46)13-9-10-19-53-54-34-60)28-43(47)45(31-51(5,6)33-64-35(2)3)50(59)44-30-42(32-52-49(44)36(4)62-7)58-22-20-57(21-23-58)41-15-16-41;1-3-2/h14,17,26-28,30,32,34,36,39,41,53H,2,8-13,15-16,18-25,29,31,33H2,1,3-7H3,(H,54,60)(H,56,61);3H2,1-2H3. The number of methoxy groups -OCH3 is 1. The molecule has 2 bridgehead atoms. The summed E-state index contributed by atoms with van der Waals surface area (Å²) in [4.78, 5) is 39.5. The SMILES string of the molecule is C=C(C)OCC(C)(C)Cc1c(-c2cc(N3CCN(C4CC4)CC3)cnc2C(C)OC)n(CC)c2ccc(-c3cc4cc(n3)CC(CCCCNNC=O)NC(=O)CCOCCC4)cc12.CCC. The maximum Gasteiger partial charge on any atom is 0.222 e. The number of hydrogen-bond acceptors (Lipinski definition) is 10. The topological polar surface area (TPSA) is 135 Å². The van der Waals surface area contributed by atoms with E-state index in [1.54, 1.807) is 7.11 Å². The average Bonchev–Trinajstić information content (AvgIpc) is 4.13. The van der Waals surface area contributed by atoms with Crippen molar-refractivity contribution in [3.8, 4) is 22.5 Å². The molecule has 7 rings (SSSR count). The largest absolute Gasteiger partial charge is 0.498 e. The second-order valence-electron chi connectivity index (χ2n) is 19.6. The zero-order valence-corrected chi connectivity index (χ0v) is 42.0. The number of carbonyl (C=O) groups excluding carboxylic acids is 2. The lowest BCUT2D eigenvalue weighted by Gasteiger charge is -2.36. The molecule has 0 spiro atoms. The van der Waals surface area contributed by atoms with Crippen LogP contribution in [0.1, 0.15) is 128 Å². The van der Waals surface area contributed by atoms with Crippen LogP contribution in [0.5, 0.6) is 0 Å². The monoisotopic (exact) mass is 921 g/mol. The smallest absolute Gasteiger partial charge is 0.222 e. The first kappa shape index (κ1) is 51.6. The molecule has 4 aromatic rings. The van der Waals surface area contributed by atoms with E-state index in [9.17, 15) is 9.59 Å². The number of benzene rings is 1. The maximum absolute atomic E-state index is 13.1. The fourth-order valence-electron chi connectivity index (χ4n) is 9.48. The Bertz CT molecular complexity index is 2240. The Morgan fingerprint density at radius 2 is 1.84 bits per heavy atom. The van der Waals surface area contributed by atoms with Crippen molar-refractivity contribution < 1.29 is 23.8 Å². The highest BCUT2D eigenvalue weighted by Crippen LogP contribution is 2.43. The van der Waals surface area contributed by atoms with Crippen molar-refractivity contribution in [2.24, 2.45) is 5.41 Å². The van der Waals surface area contributed by atoms with Gasteiger partial charge < -0.3 is 29.0 Å². The summed E-state index contributed by atoms with van der Waals surface area (Å²) in [5.74, 6) is 0.703. The zero-order chi connectivity index (χ0) is 47.9. The molecule has 1 saturated heterocycles. The van der Waals surface area contributed by atoms with Crippen molar-refractivity contribution in [1.82, 2.24) is 35.6 Å². The number of allylic oxidation sites excluding steroid dienone is 1. The van der Waals surface area contributed by atoms with E-state index < -0.39 is 0 Å². The number of hydrogen-bond donors (Lipinski definition) is 3. The predicted octanol–water partition coefficient (Wildman–Crippen LogP) is 9.11. The molecule has 3 aromatic heterocycles. The number of nitrogens with zero attached hydrogens (tertiary/aromatic N) is 5. The molecule has 2 atom stereocenters. The Morgan fingerprint density at radius 1 is 1.06 bits per heavy atom. The molecule has 0 radical (unpaired) electrons. The maximum atomic E-state index is 13.1. The van der Waals surface area contributed by atoms with Gasteiger partial charge in [0.1, 0.15) is 0 Å². The van der Waals surface area contributed by atoms with Crippen LogP contribution in [0.4, 0.5) is 5.69 Å². The summed E-state index contributed by atoms with van der Waals surface area (Å²) in [7, 11) is 1.77. The zero-order valence-electron chi connectivity index (χ0n) is 42.0. The lowest BCUT2D eigenvalue weighted by Crippen LogP contribution is -2.47. The van der Waals surface area contributed by atoms with E-state index >= 15 is 0 Å². The second-order valence-corrected chi connectivity index (χ2v) is 19.6. The molecule has 67 heavy (non-hydrogen) atoms. The molecule has 2 fully saturated rings. The number of pyridine rings is 2. The first-order valence-electron chi connectivity index (χ1n) is 25.1. The first-order chi connectivity index (χ1) is 32.4. The molecule has 1 aromatic carbocycles.